The Morgan fingerprint density at radius 1 is 0.385 bits per heavy atom. The first-order chi connectivity index (χ1) is 25.5. The minimum absolute atomic E-state index is 0.134. The molecule has 52 heavy (non-hydrogen) atoms. The van der Waals surface area contributed by atoms with Crippen molar-refractivity contribution in [2.45, 2.75) is 19.3 Å². The highest BCUT2D eigenvalue weighted by molar-refractivity contribution is 6.11. The Morgan fingerprint density at radius 2 is 0.923 bits per heavy atom. The Labute approximate surface area is 303 Å². The number of hydrogen-bond donors (Lipinski definition) is 0. The number of hydrogen-bond acceptors (Lipinski definition) is 2. The Morgan fingerprint density at radius 3 is 1.58 bits per heavy atom. The number of aromatic nitrogens is 3. The SMILES string of the molecule is CC1(C)c2ccccc2-c2cc3c4ccccc4n(-c4nc(-c5cccc(-c6ccccc6)c5)cc(-c5cccc(-c6ccccc6)c5)n4)c3cc21. The van der Waals surface area contributed by atoms with Crippen LogP contribution < -0.4 is 0 Å². The van der Waals surface area contributed by atoms with Gasteiger partial charge in [0, 0.05) is 27.3 Å². The van der Waals surface area contributed by atoms with E-state index in [2.05, 4.69) is 194 Å². The largest absolute Gasteiger partial charge is 0.278 e. The minimum atomic E-state index is -0.134. The molecule has 0 N–H and O–H groups in total. The summed E-state index contributed by atoms with van der Waals surface area (Å²) in [5.41, 5.74) is 15.9. The number of fused-ring (bicyclic) bond motifs is 6. The fraction of sp³-hybridized carbons (Fsp3) is 0.0612. The van der Waals surface area contributed by atoms with Crippen molar-refractivity contribution in [2.24, 2.45) is 0 Å². The average Bonchev–Trinajstić information content (AvgIpc) is 3.65. The van der Waals surface area contributed by atoms with Crippen molar-refractivity contribution in [1.29, 1.82) is 0 Å². The monoisotopic (exact) mass is 665 g/mol. The molecule has 0 radical (unpaired) electrons. The quantitative estimate of drug-likeness (QED) is 0.183. The highest BCUT2D eigenvalue weighted by atomic mass is 15.2. The van der Waals surface area contributed by atoms with Crippen molar-refractivity contribution in [2.75, 3.05) is 0 Å². The Kier molecular flexibility index (Phi) is 6.84. The molecule has 0 bridgehead atoms. The molecule has 10 rings (SSSR count). The zero-order valence-electron chi connectivity index (χ0n) is 29.1. The molecule has 0 saturated heterocycles. The molecule has 0 unspecified atom stereocenters. The maximum Gasteiger partial charge on any atom is 0.235 e. The minimum Gasteiger partial charge on any atom is -0.278 e. The molecule has 0 spiro atoms. The average molecular weight is 666 g/mol. The van der Waals surface area contributed by atoms with Gasteiger partial charge in [-0.2, -0.15) is 0 Å². The van der Waals surface area contributed by atoms with E-state index >= 15 is 0 Å². The highest BCUT2D eigenvalue weighted by Crippen LogP contribution is 2.51. The summed E-state index contributed by atoms with van der Waals surface area (Å²) in [6.45, 7) is 4.68. The van der Waals surface area contributed by atoms with Gasteiger partial charge in [-0.05, 0) is 80.9 Å². The van der Waals surface area contributed by atoms with E-state index in [1.165, 1.54) is 44.2 Å². The summed E-state index contributed by atoms with van der Waals surface area (Å²) in [7, 11) is 0. The topological polar surface area (TPSA) is 30.7 Å². The van der Waals surface area contributed by atoms with E-state index in [0.29, 0.717) is 5.95 Å². The summed E-state index contributed by atoms with van der Waals surface area (Å²) in [6, 6.07) is 62.9. The van der Waals surface area contributed by atoms with Gasteiger partial charge in [-0.3, -0.25) is 4.57 Å². The van der Waals surface area contributed by atoms with Crippen molar-refractivity contribution in [1.82, 2.24) is 14.5 Å². The zero-order valence-corrected chi connectivity index (χ0v) is 29.1. The van der Waals surface area contributed by atoms with Crippen molar-refractivity contribution in [3.05, 3.63) is 187 Å². The molecular weight excluding hydrogens is 631 g/mol. The zero-order chi connectivity index (χ0) is 34.8. The van der Waals surface area contributed by atoms with Gasteiger partial charge in [-0.1, -0.05) is 153 Å². The van der Waals surface area contributed by atoms with Crippen LogP contribution in [0.1, 0.15) is 25.0 Å². The third-order valence-electron chi connectivity index (χ3n) is 10.8. The molecule has 2 aromatic heterocycles. The summed E-state index contributed by atoms with van der Waals surface area (Å²) < 4.78 is 2.28. The van der Waals surface area contributed by atoms with Crippen LogP contribution in [-0.2, 0) is 5.41 Å². The molecule has 0 amide bonds. The molecule has 7 aromatic carbocycles. The van der Waals surface area contributed by atoms with Crippen LogP contribution in [0.25, 0.3) is 83.6 Å². The van der Waals surface area contributed by atoms with Gasteiger partial charge in [0.15, 0.2) is 0 Å². The standard InChI is InChI=1S/C49H35N3/c1-49(2)42-25-11-9-23-38(42)40-29-41-39-24-10-12-26-46(39)52(47(41)30-43(40)49)48-50-44(36-21-13-19-34(27-36)32-15-5-3-6-16-32)31-45(51-48)37-22-14-20-35(28-37)33-17-7-4-8-18-33/h3-31H,1-2H3. The van der Waals surface area contributed by atoms with Crippen molar-refractivity contribution >= 4 is 21.8 Å². The number of nitrogens with zero attached hydrogens (tertiary/aromatic N) is 3. The fourth-order valence-electron chi connectivity index (χ4n) is 8.19. The molecule has 2 heterocycles. The first-order valence-electron chi connectivity index (χ1n) is 17.9. The van der Waals surface area contributed by atoms with E-state index < -0.39 is 0 Å². The van der Waals surface area contributed by atoms with Crippen molar-refractivity contribution in [3.8, 4) is 61.8 Å². The maximum absolute atomic E-state index is 5.41. The lowest BCUT2D eigenvalue weighted by molar-refractivity contribution is 0.661. The summed E-state index contributed by atoms with van der Waals surface area (Å²) in [5, 5.41) is 2.39. The summed E-state index contributed by atoms with van der Waals surface area (Å²) in [4.78, 5) is 10.8. The molecule has 3 heteroatoms. The van der Waals surface area contributed by atoms with Crippen LogP contribution >= 0.6 is 0 Å². The van der Waals surface area contributed by atoms with Crippen molar-refractivity contribution in [3.63, 3.8) is 0 Å². The lowest BCUT2D eigenvalue weighted by Gasteiger charge is -2.21. The van der Waals surface area contributed by atoms with Crippen molar-refractivity contribution < 1.29 is 0 Å². The van der Waals surface area contributed by atoms with Gasteiger partial charge >= 0.3 is 0 Å². The van der Waals surface area contributed by atoms with Crippen LogP contribution in [0.3, 0.4) is 0 Å². The molecular formula is C49H35N3. The normalized spacial score (nSPS) is 13.0. The first kappa shape index (κ1) is 30.3. The third-order valence-corrected chi connectivity index (χ3v) is 10.8. The molecule has 9 aromatic rings. The third kappa shape index (κ3) is 4.81. The Bertz CT molecular complexity index is 2710. The van der Waals surface area contributed by atoms with Crippen LogP contribution in [0.2, 0.25) is 0 Å². The fourth-order valence-corrected chi connectivity index (χ4v) is 8.19. The second-order valence-corrected chi connectivity index (χ2v) is 14.3. The summed E-state index contributed by atoms with van der Waals surface area (Å²) >= 11 is 0. The van der Waals surface area contributed by atoms with Crippen LogP contribution in [0.5, 0.6) is 0 Å². The summed E-state index contributed by atoms with van der Waals surface area (Å²) in [5.74, 6) is 0.655. The number of benzene rings is 7. The maximum atomic E-state index is 5.41. The van der Waals surface area contributed by atoms with Gasteiger partial charge in [0.05, 0.1) is 22.4 Å². The molecule has 3 nitrogen and oxygen atoms in total. The smallest absolute Gasteiger partial charge is 0.235 e. The number of rotatable bonds is 5. The van der Waals surface area contributed by atoms with Gasteiger partial charge in [0.1, 0.15) is 0 Å². The van der Waals surface area contributed by atoms with Gasteiger partial charge < -0.3 is 0 Å². The predicted molar refractivity (Wildman–Crippen MR) is 216 cm³/mol. The lowest BCUT2D eigenvalue weighted by atomic mass is 9.82. The first-order valence-corrected chi connectivity index (χ1v) is 17.9. The molecule has 0 saturated carbocycles. The lowest BCUT2D eigenvalue weighted by Crippen LogP contribution is -2.15. The summed E-state index contributed by atoms with van der Waals surface area (Å²) in [6.07, 6.45) is 0. The van der Waals surface area contributed by atoms with Gasteiger partial charge in [-0.15, -0.1) is 0 Å². The van der Waals surface area contributed by atoms with Crippen LogP contribution in [0.15, 0.2) is 176 Å². The molecule has 0 aliphatic heterocycles. The molecule has 246 valence electrons. The van der Waals surface area contributed by atoms with Crippen LogP contribution in [0.4, 0.5) is 0 Å². The molecule has 0 fully saturated rings. The van der Waals surface area contributed by atoms with E-state index in [4.69, 9.17) is 9.97 Å². The van der Waals surface area contributed by atoms with Gasteiger partial charge in [-0.25, -0.2) is 9.97 Å². The molecule has 0 atom stereocenters. The van der Waals surface area contributed by atoms with E-state index in [0.717, 1.165) is 44.7 Å². The second kappa shape index (κ2) is 11.8. The van der Waals surface area contributed by atoms with Gasteiger partial charge in [0.25, 0.3) is 0 Å². The second-order valence-electron chi connectivity index (χ2n) is 14.3. The van der Waals surface area contributed by atoms with Crippen LogP contribution in [0, 0.1) is 0 Å². The Balaban J connectivity index is 1.24. The van der Waals surface area contributed by atoms with Crippen LogP contribution in [-0.4, -0.2) is 14.5 Å². The molecule has 1 aliphatic rings. The van der Waals surface area contributed by atoms with E-state index in [1.54, 1.807) is 0 Å². The molecule has 1 aliphatic carbocycles. The van der Waals surface area contributed by atoms with E-state index in [-0.39, 0.29) is 5.41 Å². The highest BCUT2D eigenvalue weighted by Gasteiger charge is 2.36. The van der Waals surface area contributed by atoms with E-state index in [1.807, 2.05) is 0 Å². The Hall–Kier alpha value is -6.58. The predicted octanol–water partition coefficient (Wildman–Crippen LogP) is 12.5. The number of para-hydroxylation sites is 1. The van der Waals surface area contributed by atoms with Gasteiger partial charge in [0.2, 0.25) is 5.95 Å². The van der Waals surface area contributed by atoms with E-state index in [9.17, 15) is 0 Å².